The molecule has 0 aromatic rings. The average Bonchev–Trinajstić information content (AvgIpc) is 2.31. The summed E-state index contributed by atoms with van der Waals surface area (Å²) in [7, 11) is 0. The van der Waals surface area contributed by atoms with Gasteiger partial charge >= 0.3 is 12.1 Å². The van der Waals surface area contributed by atoms with Gasteiger partial charge in [-0.1, -0.05) is 0 Å². The number of hydrogen-bond acceptors (Lipinski definition) is 5. The van der Waals surface area contributed by atoms with Gasteiger partial charge < -0.3 is 14.2 Å². The van der Waals surface area contributed by atoms with Crippen LogP contribution in [0.1, 0.15) is 6.92 Å². The topological polar surface area (TPSA) is 68.6 Å². The fourth-order valence-electron chi connectivity index (χ4n) is 0.680. The van der Waals surface area contributed by atoms with Gasteiger partial charge in [0.25, 0.3) is 0 Å². The van der Waals surface area contributed by atoms with Crippen LogP contribution >= 0.6 is 0 Å². The predicted molar refractivity (Wildman–Crippen MR) is 35.2 cm³/mol. The van der Waals surface area contributed by atoms with Crippen molar-refractivity contribution in [2.45, 2.75) is 13.0 Å². The van der Waals surface area contributed by atoms with Crippen LogP contribution in [0.5, 0.6) is 0 Å². The van der Waals surface area contributed by atoms with Gasteiger partial charge in [-0.05, 0) is 0 Å². The zero-order valence-electron chi connectivity index (χ0n) is 6.12. The van der Waals surface area contributed by atoms with E-state index in [-0.39, 0.29) is 31.4 Å². The zero-order valence-corrected chi connectivity index (χ0v) is 6.12. The maximum absolute atomic E-state index is 10.3. The summed E-state index contributed by atoms with van der Waals surface area (Å²) >= 11 is 0. The Labute approximate surface area is 63.7 Å². The summed E-state index contributed by atoms with van der Waals surface area (Å²) in [5, 5.41) is 6.88. The van der Waals surface area contributed by atoms with Crippen molar-refractivity contribution in [3.63, 3.8) is 0 Å². The Morgan fingerprint density at radius 3 is 3.09 bits per heavy atom. The molecule has 1 rings (SSSR count). The van der Waals surface area contributed by atoms with Gasteiger partial charge in [-0.25, -0.2) is 5.41 Å². The molecule has 0 saturated carbocycles. The largest absolute Gasteiger partial charge is 0.462 e. The van der Waals surface area contributed by atoms with Gasteiger partial charge in [0.05, 0.1) is 0 Å². The molecule has 1 aliphatic rings. The molecule has 1 unspecified atom stereocenters. The first-order valence-electron chi connectivity index (χ1n) is 3.20. The fourth-order valence-corrected chi connectivity index (χ4v) is 0.680. The van der Waals surface area contributed by atoms with Gasteiger partial charge in [0.1, 0.15) is 13.2 Å². The third-order valence-electron chi connectivity index (χ3n) is 1.15. The Kier molecular flexibility index (Phi) is 2.30. The monoisotopic (exact) mass is 159 g/mol. The summed E-state index contributed by atoms with van der Waals surface area (Å²) < 4.78 is 14.1. The molecular formula is C6H9NO4. The second-order valence-electron chi connectivity index (χ2n) is 2.14. The first-order chi connectivity index (χ1) is 5.18. The minimum absolute atomic E-state index is 0.151. The van der Waals surface area contributed by atoms with Crippen molar-refractivity contribution in [1.29, 1.82) is 5.41 Å². The molecule has 1 aliphatic heterocycles. The van der Waals surface area contributed by atoms with E-state index in [0.29, 0.717) is 0 Å². The van der Waals surface area contributed by atoms with Crippen molar-refractivity contribution in [2.24, 2.45) is 0 Å². The molecule has 62 valence electrons. The highest BCUT2D eigenvalue weighted by atomic mass is 16.7. The molecular weight excluding hydrogens is 150 g/mol. The van der Waals surface area contributed by atoms with Crippen molar-refractivity contribution in [2.75, 3.05) is 13.2 Å². The van der Waals surface area contributed by atoms with E-state index in [1.54, 1.807) is 0 Å². The van der Waals surface area contributed by atoms with Crippen LogP contribution < -0.4 is 0 Å². The van der Waals surface area contributed by atoms with Crippen molar-refractivity contribution in [1.82, 2.24) is 0 Å². The van der Waals surface area contributed by atoms with Crippen LogP contribution in [0.15, 0.2) is 0 Å². The Morgan fingerprint density at radius 1 is 1.91 bits per heavy atom. The van der Waals surface area contributed by atoms with Crippen LogP contribution in [0.25, 0.3) is 0 Å². The minimum atomic E-state index is -0.355. The van der Waals surface area contributed by atoms with E-state index in [9.17, 15) is 4.79 Å². The molecule has 0 radical (unpaired) electrons. The number of carbonyl (C=O) groups excluding carboxylic acids is 1. The number of esters is 1. The molecule has 1 N–H and O–H groups in total. The van der Waals surface area contributed by atoms with E-state index in [2.05, 4.69) is 9.47 Å². The Morgan fingerprint density at radius 2 is 2.64 bits per heavy atom. The normalized spacial score (nSPS) is 22.3. The zero-order chi connectivity index (χ0) is 8.27. The van der Waals surface area contributed by atoms with Gasteiger partial charge in [0.15, 0.2) is 6.10 Å². The highest BCUT2D eigenvalue weighted by Gasteiger charge is 2.22. The lowest BCUT2D eigenvalue weighted by molar-refractivity contribution is -0.143. The van der Waals surface area contributed by atoms with E-state index < -0.39 is 0 Å². The van der Waals surface area contributed by atoms with Gasteiger partial charge in [-0.2, -0.15) is 0 Å². The molecule has 5 nitrogen and oxygen atoms in total. The first-order valence-corrected chi connectivity index (χ1v) is 3.20. The Hall–Kier alpha value is -1.26. The van der Waals surface area contributed by atoms with Gasteiger partial charge in [0.2, 0.25) is 0 Å². The summed E-state index contributed by atoms with van der Waals surface area (Å²) in [6.07, 6.45) is -0.520. The quantitative estimate of drug-likeness (QED) is 0.571. The lowest BCUT2D eigenvalue weighted by atomic mass is 10.4. The van der Waals surface area contributed by atoms with Gasteiger partial charge in [-0.15, -0.1) is 0 Å². The number of ether oxygens (including phenoxy) is 3. The Balaban J connectivity index is 2.18. The molecule has 0 amide bonds. The summed E-state index contributed by atoms with van der Waals surface area (Å²) in [4.78, 5) is 10.3. The van der Waals surface area contributed by atoms with Crippen LogP contribution in [0.2, 0.25) is 0 Å². The fraction of sp³-hybridized carbons (Fsp3) is 0.667. The van der Waals surface area contributed by atoms with Gasteiger partial charge in [0, 0.05) is 6.92 Å². The molecule has 11 heavy (non-hydrogen) atoms. The third-order valence-corrected chi connectivity index (χ3v) is 1.15. The SMILES string of the molecule is CC(=O)OCC1COC(=N)O1. The molecule has 5 heteroatoms. The Bertz CT molecular complexity index is 179. The standard InChI is InChI=1S/C6H9NO4/c1-4(8)9-2-5-3-10-6(7)11-5/h5,7H,2-3H2,1H3. The first kappa shape index (κ1) is 7.84. The molecule has 0 aromatic heterocycles. The number of rotatable bonds is 2. The molecule has 0 bridgehead atoms. The molecule has 1 fully saturated rings. The number of nitrogens with one attached hydrogen (secondary N) is 1. The maximum Gasteiger partial charge on any atom is 0.381 e. The van der Waals surface area contributed by atoms with E-state index in [0.717, 1.165) is 0 Å². The van der Waals surface area contributed by atoms with Crippen LogP contribution in [0.4, 0.5) is 0 Å². The molecule has 0 aromatic carbocycles. The van der Waals surface area contributed by atoms with E-state index in [1.165, 1.54) is 6.92 Å². The van der Waals surface area contributed by atoms with Crippen LogP contribution in [-0.2, 0) is 19.0 Å². The van der Waals surface area contributed by atoms with Gasteiger partial charge in [-0.3, -0.25) is 4.79 Å². The van der Waals surface area contributed by atoms with Crippen molar-refractivity contribution < 1.29 is 19.0 Å². The summed E-state index contributed by atoms with van der Waals surface area (Å²) in [6.45, 7) is 1.75. The smallest absolute Gasteiger partial charge is 0.381 e. The molecule has 0 spiro atoms. The lowest BCUT2D eigenvalue weighted by Gasteiger charge is -2.05. The van der Waals surface area contributed by atoms with E-state index in [4.69, 9.17) is 10.1 Å². The second-order valence-corrected chi connectivity index (χ2v) is 2.14. The number of carbonyl (C=O) groups is 1. The number of hydrogen-bond donors (Lipinski definition) is 1. The molecule has 0 aliphatic carbocycles. The molecule has 1 atom stereocenters. The average molecular weight is 159 g/mol. The maximum atomic E-state index is 10.3. The van der Waals surface area contributed by atoms with Crippen molar-refractivity contribution in [3.8, 4) is 0 Å². The highest BCUT2D eigenvalue weighted by Crippen LogP contribution is 2.04. The molecule has 1 heterocycles. The van der Waals surface area contributed by atoms with Crippen LogP contribution in [-0.4, -0.2) is 31.4 Å². The molecule has 1 saturated heterocycles. The van der Waals surface area contributed by atoms with E-state index in [1.807, 2.05) is 0 Å². The van der Waals surface area contributed by atoms with Crippen molar-refractivity contribution >= 4 is 12.1 Å². The second kappa shape index (κ2) is 3.23. The van der Waals surface area contributed by atoms with Crippen molar-refractivity contribution in [3.05, 3.63) is 0 Å². The summed E-state index contributed by atoms with van der Waals surface area (Å²) in [5.41, 5.74) is 0. The predicted octanol–water partition coefficient (Wildman–Crippen LogP) is -0.100. The lowest BCUT2D eigenvalue weighted by Crippen LogP contribution is -2.19. The summed E-state index contributed by atoms with van der Waals surface area (Å²) in [5.74, 6) is -0.355. The third kappa shape index (κ3) is 2.45. The van der Waals surface area contributed by atoms with E-state index >= 15 is 0 Å². The van der Waals surface area contributed by atoms with Crippen LogP contribution in [0, 0.1) is 5.41 Å². The van der Waals surface area contributed by atoms with Crippen LogP contribution in [0.3, 0.4) is 0 Å². The highest BCUT2D eigenvalue weighted by molar-refractivity contribution is 5.66. The summed E-state index contributed by atoms with van der Waals surface area (Å²) in [6, 6.07) is 0. The minimum Gasteiger partial charge on any atom is -0.462 e.